The number of carbonyl (C=O) groups is 1. The maximum Gasteiger partial charge on any atom is 0.322 e. The van der Waals surface area contributed by atoms with Crippen molar-refractivity contribution in [2.75, 3.05) is 43.5 Å². The van der Waals surface area contributed by atoms with Crippen LogP contribution in [0.3, 0.4) is 0 Å². The Morgan fingerprint density at radius 1 is 1.16 bits per heavy atom. The van der Waals surface area contributed by atoms with Crippen LogP contribution in [0, 0.1) is 0 Å². The molecule has 0 atom stereocenters. The van der Waals surface area contributed by atoms with Gasteiger partial charge in [0.2, 0.25) is 11.7 Å². The molecule has 2 heterocycles. The van der Waals surface area contributed by atoms with E-state index in [9.17, 15) is 4.79 Å². The maximum atomic E-state index is 12.7. The van der Waals surface area contributed by atoms with Crippen molar-refractivity contribution in [3.05, 3.63) is 53.4 Å². The number of nitrogens with zero attached hydrogens (tertiary/aromatic N) is 4. The summed E-state index contributed by atoms with van der Waals surface area (Å²) in [5.41, 5.74) is 2.57. The zero-order valence-electron chi connectivity index (χ0n) is 17.5. The first-order valence-electron chi connectivity index (χ1n) is 10.1. The van der Waals surface area contributed by atoms with Gasteiger partial charge in [0.25, 0.3) is 0 Å². The topological polar surface area (TPSA) is 83.7 Å². The summed E-state index contributed by atoms with van der Waals surface area (Å²) in [6, 6.07) is 13.0. The molecule has 0 aliphatic carbocycles. The summed E-state index contributed by atoms with van der Waals surface area (Å²) < 4.78 is 10.5. The van der Waals surface area contributed by atoms with E-state index in [0.717, 1.165) is 24.3 Å². The van der Waals surface area contributed by atoms with Crippen LogP contribution in [0.4, 0.5) is 16.2 Å². The smallest absolute Gasteiger partial charge is 0.322 e. The molecule has 1 saturated heterocycles. The van der Waals surface area contributed by atoms with Crippen LogP contribution in [0.15, 0.2) is 47.0 Å². The molecule has 0 bridgehead atoms. The van der Waals surface area contributed by atoms with E-state index in [1.807, 2.05) is 31.2 Å². The van der Waals surface area contributed by atoms with Crippen molar-refractivity contribution in [2.24, 2.45) is 0 Å². The molecule has 1 fully saturated rings. The van der Waals surface area contributed by atoms with Crippen molar-refractivity contribution >= 4 is 29.0 Å². The summed E-state index contributed by atoms with van der Waals surface area (Å²) in [6.45, 7) is 4.68. The minimum absolute atomic E-state index is 0.167. The first kappa shape index (κ1) is 21.0. The lowest BCUT2D eigenvalue weighted by Crippen LogP contribution is -2.50. The van der Waals surface area contributed by atoms with Gasteiger partial charge in [-0.1, -0.05) is 23.7 Å². The van der Waals surface area contributed by atoms with Crippen molar-refractivity contribution in [1.29, 1.82) is 0 Å². The lowest BCUT2D eigenvalue weighted by atomic mass is 10.1. The number of hydrogen-bond donors (Lipinski definition) is 1. The van der Waals surface area contributed by atoms with Gasteiger partial charge in [0.1, 0.15) is 5.75 Å². The number of halogens is 1. The summed E-state index contributed by atoms with van der Waals surface area (Å²) in [4.78, 5) is 21.1. The third-order valence-corrected chi connectivity index (χ3v) is 5.47. The molecule has 1 aliphatic heterocycles. The Kier molecular flexibility index (Phi) is 6.27. The van der Waals surface area contributed by atoms with Gasteiger partial charge < -0.3 is 24.4 Å². The number of hydrogen-bond acceptors (Lipinski definition) is 6. The largest absolute Gasteiger partial charge is 0.495 e. The van der Waals surface area contributed by atoms with Gasteiger partial charge >= 0.3 is 6.03 Å². The number of aryl methyl sites for hydroxylation is 1. The number of nitrogens with one attached hydrogen (secondary N) is 1. The zero-order chi connectivity index (χ0) is 21.8. The highest BCUT2D eigenvalue weighted by Gasteiger charge is 2.22. The number of ether oxygens (including phenoxy) is 1. The summed E-state index contributed by atoms with van der Waals surface area (Å²) in [7, 11) is 1.56. The molecular formula is C22H24ClN5O3. The molecule has 4 rings (SSSR count). The van der Waals surface area contributed by atoms with E-state index in [1.165, 1.54) is 0 Å². The minimum Gasteiger partial charge on any atom is -0.495 e. The number of rotatable bonds is 5. The highest BCUT2D eigenvalue weighted by molar-refractivity contribution is 6.31. The Labute approximate surface area is 185 Å². The molecule has 31 heavy (non-hydrogen) atoms. The normalized spacial score (nSPS) is 13.9. The molecule has 0 saturated carbocycles. The van der Waals surface area contributed by atoms with Gasteiger partial charge in [0.05, 0.1) is 12.8 Å². The summed E-state index contributed by atoms with van der Waals surface area (Å²) in [5.74, 6) is 1.80. The average molecular weight is 442 g/mol. The molecule has 2 amide bonds. The third kappa shape index (κ3) is 4.74. The standard InChI is InChI=1S/C22H24ClN5O3/c1-3-20-25-21(26-31-20)15-4-7-17(8-5-15)27-10-12-28(13-11-27)22(29)24-18-14-16(23)6-9-19(18)30-2/h4-9,14H,3,10-13H2,1-2H3,(H,24,29). The predicted octanol–water partition coefficient (Wildman–Crippen LogP) is 4.32. The number of piperazine rings is 1. The fraction of sp³-hybridized carbons (Fsp3) is 0.318. The van der Waals surface area contributed by atoms with Crippen molar-refractivity contribution in [3.8, 4) is 17.1 Å². The van der Waals surface area contributed by atoms with E-state index in [4.69, 9.17) is 20.9 Å². The van der Waals surface area contributed by atoms with Crippen LogP contribution in [0.1, 0.15) is 12.8 Å². The molecule has 0 spiro atoms. The minimum atomic E-state index is -0.167. The quantitative estimate of drug-likeness (QED) is 0.635. The second-order valence-electron chi connectivity index (χ2n) is 7.16. The van der Waals surface area contributed by atoms with Gasteiger partial charge in [-0.2, -0.15) is 4.98 Å². The third-order valence-electron chi connectivity index (χ3n) is 5.23. The van der Waals surface area contributed by atoms with Gasteiger partial charge in [0.15, 0.2) is 0 Å². The molecule has 1 aliphatic rings. The Morgan fingerprint density at radius 3 is 2.55 bits per heavy atom. The molecule has 8 nitrogen and oxygen atoms in total. The van der Waals surface area contributed by atoms with Gasteiger partial charge in [-0.05, 0) is 42.5 Å². The van der Waals surface area contributed by atoms with Gasteiger partial charge in [0, 0.05) is 48.9 Å². The first-order chi connectivity index (χ1) is 15.1. The van der Waals surface area contributed by atoms with E-state index >= 15 is 0 Å². The van der Waals surface area contributed by atoms with Gasteiger partial charge in [-0.15, -0.1) is 0 Å². The van der Waals surface area contributed by atoms with E-state index in [0.29, 0.717) is 47.7 Å². The molecule has 0 radical (unpaired) electrons. The molecule has 162 valence electrons. The van der Waals surface area contributed by atoms with Crippen molar-refractivity contribution in [3.63, 3.8) is 0 Å². The van der Waals surface area contributed by atoms with Crippen LogP contribution in [-0.4, -0.2) is 54.4 Å². The van der Waals surface area contributed by atoms with E-state index in [1.54, 1.807) is 30.2 Å². The predicted molar refractivity (Wildman–Crippen MR) is 120 cm³/mol. The monoisotopic (exact) mass is 441 g/mol. The number of methoxy groups -OCH3 is 1. The van der Waals surface area contributed by atoms with Crippen molar-refractivity contribution in [1.82, 2.24) is 15.0 Å². The zero-order valence-corrected chi connectivity index (χ0v) is 18.2. The highest BCUT2D eigenvalue weighted by atomic mass is 35.5. The number of benzene rings is 2. The fourth-order valence-electron chi connectivity index (χ4n) is 3.48. The van der Waals surface area contributed by atoms with Crippen molar-refractivity contribution < 1.29 is 14.1 Å². The van der Waals surface area contributed by atoms with E-state index in [2.05, 4.69) is 20.4 Å². The number of anilines is 2. The Balaban J connectivity index is 1.35. The lowest BCUT2D eigenvalue weighted by Gasteiger charge is -2.36. The van der Waals surface area contributed by atoms with Crippen LogP contribution in [0.5, 0.6) is 5.75 Å². The molecule has 1 aromatic heterocycles. The SMILES string of the molecule is CCc1nc(-c2ccc(N3CCN(C(=O)Nc4cc(Cl)ccc4OC)CC3)cc2)no1. The Hall–Kier alpha value is -3.26. The second-order valence-corrected chi connectivity index (χ2v) is 7.60. The lowest BCUT2D eigenvalue weighted by molar-refractivity contribution is 0.208. The van der Waals surface area contributed by atoms with Crippen molar-refractivity contribution in [2.45, 2.75) is 13.3 Å². The average Bonchev–Trinajstić information content (AvgIpc) is 3.29. The molecule has 0 unspecified atom stereocenters. The molecule has 9 heteroatoms. The number of aromatic nitrogens is 2. The van der Waals surface area contributed by atoms with Gasteiger partial charge in [-0.3, -0.25) is 0 Å². The fourth-order valence-corrected chi connectivity index (χ4v) is 3.65. The molecule has 3 aromatic rings. The summed E-state index contributed by atoms with van der Waals surface area (Å²) in [6.07, 6.45) is 0.715. The Morgan fingerprint density at radius 2 is 1.90 bits per heavy atom. The van der Waals surface area contributed by atoms with Gasteiger partial charge in [-0.25, -0.2) is 4.79 Å². The molecule has 1 N–H and O–H groups in total. The number of amides is 2. The van der Waals surface area contributed by atoms with Crippen LogP contribution in [0.2, 0.25) is 5.02 Å². The van der Waals surface area contributed by atoms with Crippen LogP contribution in [-0.2, 0) is 6.42 Å². The van der Waals surface area contributed by atoms with E-state index < -0.39 is 0 Å². The summed E-state index contributed by atoms with van der Waals surface area (Å²) >= 11 is 6.05. The highest BCUT2D eigenvalue weighted by Crippen LogP contribution is 2.28. The molecular weight excluding hydrogens is 418 g/mol. The number of carbonyl (C=O) groups excluding carboxylic acids is 1. The maximum absolute atomic E-state index is 12.7. The molecule has 2 aromatic carbocycles. The second kappa shape index (κ2) is 9.26. The van der Waals surface area contributed by atoms with Crippen LogP contribution >= 0.6 is 11.6 Å². The number of urea groups is 1. The first-order valence-corrected chi connectivity index (χ1v) is 10.5. The van der Waals surface area contributed by atoms with Crippen LogP contribution < -0.4 is 15.0 Å². The summed E-state index contributed by atoms with van der Waals surface area (Å²) in [5, 5.41) is 7.45. The van der Waals surface area contributed by atoms with E-state index in [-0.39, 0.29) is 6.03 Å². The Bertz CT molecular complexity index is 1050. The van der Waals surface area contributed by atoms with Crippen LogP contribution in [0.25, 0.3) is 11.4 Å².